The molecule has 0 aromatic rings. The molecule has 0 aromatic heterocycles. The Hall–Kier alpha value is -5.06. The fraction of sp³-hybridized carbons (Fsp3) is 0.663. The van der Waals surface area contributed by atoms with Gasteiger partial charge in [0.1, 0.15) is 19.3 Å². The molecule has 102 heavy (non-hydrogen) atoms. The minimum absolute atomic E-state index is 0.0344. The third-order valence-corrected chi connectivity index (χ3v) is 17.7. The lowest BCUT2D eigenvalue weighted by molar-refractivity contribution is -0.161. The Kier molecular flexibility index (Phi) is 70.5. The first kappa shape index (κ1) is 96.9. The van der Waals surface area contributed by atoms with Crippen LogP contribution in [0.2, 0.25) is 0 Å². The molecule has 0 heterocycles. The number of hydrogen-bond acceptors (Lipinski definition) is 15. The lowest BCUT2D eigenvalue weighted by Crippen LogP contribution is -2.30. The van der Waals surface area contributed by atoms with Crippen molar-refractivity contribution in [1.82, 2.24) is 0 Å². The summed E-state index contributed by atoms with van der Waals surface area (Å²) >= 11 is 0. The van der Waals surface area contributed by atoms with E-state index < -0.39 is 97.5 Å². The predicted molar refractivity (Wildman–Crippen MR) is 417 cm³/mol. The fourth-order valence-corrected chi connectivity index (χ4v) is 11.5. The minimum Gasteiger partial charge on any atom is -0.462 e. The van der Waals surface area contributed by atoms with Gasteiger partial charge < -0.3 is 33.8 Å². The van der Waals surface area contributed by atoms with E-state index in [1.165, 1.54) is 51.4 Å². The minimum atomic E-state index is -5.00. The molecule has 0 aromatic carbocycles. The zero-order valence-electron chi connectivity index (χ0n) is 63.5. The van der Waals surface area contributed by atoms with Gasteiger partial charge in [-0.1, -0.05) is 276 Å². The van der Waals surface area contributed by atoms with Gasteiger partial charge in [-0.25, -0.2) is 9.13 Å². The van der Waals surface area contributed by atoms with Crippen LogP contribution < -0.4 is 0 Å². The molecule has 0 rings (SSSR count). The molecule has 0 saturated carbocycles. The van der Waals surface area contributed by atoms with E-state index in [-0.39, 0.29) is 25.7 Å². The van der Waals surface area contributed by atoms with Crippen molar-refractivity contribution in [3.63, 3.8) is 0 Å². The first-order chi connectivity index (χ1) is 49.7. The predicted octanol–water partition coefficient (Wildman–Crippen LogP) is 22.7. The van der Waals surface area contributed by atoms with Crippen molar-refractivity contribution in [3.8, 4) is 0 Å². The van der Waals surface area contributed by atoms with Crippen molar-refractivity contribution in [2.24, 2.45) is 0 Å². The zero-order valence-corrected chi connectivity index (χ0v) is 65.3. The van der Waals surface area contributed by atoms with Crippen LogP contribution in [-0.2, 0) is 65.4 Å². The van der Waals surface area contributed by atoms with Crippen LogP contribution in [0.3, 0.4) is 0 Å². The maximum atomic E-state index is 13.1. The molecule has 0 fully saturated rings. The van der Waals surface area contributed by atoms with E-state index in [0.29, 0.717) is 32.1 Å². The highest BCUT2D eigenvalue weighted by Gasteiger charge is 2.30. The number of hydrogen-bond donors (Lipinski definition) is 3. The second-order valence-corrected chi connectivity index (χ2v) is 28.4. The van der Waals surface area contributed by atoms with Crippen LogP contribution in [0, 0.1) is 0 Å². The smallest absolute Gasteiger partial charge is 0.462 e. The molecular formula is C83H138O17P2. The molecule has 0 aliphatic carbocycles. The van der Waals surface area contributed by atoms with E-state index in [2.05, 4.69) is 174 Å². The maximum Gasteiger partial charge on any atom is 0.472 e. The summed E-state index contributed by atoms with van der Waals surface area (Å²) in [6.07, 6.45) is 84.1. The summed E-state index contributed by atoms with van der Waals surface area (Å²) in [6.45, 7) is 4.42. The number of carbonyl (C=O) groups is 4. The highest BCUT2D eigenvalue weighted by atomic mass is 31.2. The number of carbonyl (C=O) groups excluding carboxylic acids is 4. The van der Waals surface area contributed by atoms with Crippen LogP contribution in [0.1, 0.15) is 297 Å². The number of phosphoric ester groups is 2. The van der Waals surface area contributed by atoms with Crippen molar-refractivity contribution < 1.29 is 80.2 Å². The quantitative estimate of drug-likeness (QED) is 0.0169. The standard InChI is InChI=1S/C83H138O17P2/c1-5-9-13-17-21-25-29-33-36-37-38-39-42-45-48-52-56-60-64-68-81(86)94-74-79(100-83(88)70-66-62-58-54-50-46-41-35-31-27-23-19-15-11-7-3)76-98-102(91,92)96-72-77(84)71-95-101(89,90)97-75-78(99-82(87)69-65-61-57-53-49-43-32-28-24-20-16-12-8-4)73-93-80(85)67-63-59-55-51-47-44-40-34-30-26-22-18-14-10-6-2/h9-11,13-15,21-23,25-27,33-36,38-41,47,50-51,54,77-79,84H,5-8,12,16-20,24,28-32,37,42-46,48-49,52-53,55-76H2,1-4H3,(H,89,90)(H,91,92)/b13-9-,14-10-,15-11-,25-21-,26-22-,27-23-,36-33-,39-38-,40-34-,41-35-,51-47-,54-50-. The van der Waals surface area contributed by atoms with E-state index in [4.69, 9.17) is 37.0 Å². The van der Waals surface area contributed by atoms with Crippen molar-refractivity contribution in [2.45, 2.75) is 316 Å². The van der Waals surface area contributed by atoms with Crippen LogP contribution in [0.25, 0.3) is 0 Å². The SMILES string of the molecule is CC/C=C\C/C=C\C/C=C\C/C=C\CCCCCCCCC(=O)OCC(COP(=O)(O)OCC(O)COP(=O)(O)OCC(COC(=O)CCCC/C=C\C/C=C\C/C=C\C/C=C\CC)OC(=O)CCCCCCCCCCCCCCC)OC(=O)CCCC/C=C\C/C=C\C/C=C\C/C=C\CC. The van der Waals surface area contributed by atoms with Gasteiger partial charge >= 0.3 is 39.5 Å². The largest absolute Gasteiger partial charge is 0.472 e. The summed E-state index contributed by atoms with van der Waals surface area (Å²) in [5.74, 6) is -2.29. The van der Waals surface area contributed by atoms with Crippen molar-refractivity contribution in [1.29, 1.82) is 0 Å². The Morgan fingerprint density at radius 1 is 0.284 bits per heavy atom. The third kappa shape index (κ3) is 73.3. The van der Waals surface area contributed by atoms with Gasteiger partial charge in [0.2, 0.25) is 0 Å². The number of unbranched alkanes of at least 4 members (excludes halogenated alkanes) is 22. The van der Waals surface area contributed by atoms with Gasteiger partial charge in [-0.2, -0.15) is 0 Å². The number of esters is 4. The highest BCUT2D eigenvalue weighted by molar-refractivity contribution is 7.47. The third-order valence-electron chi connectivity index (χ3n) is 15.8. The summed E-state index contributed by atoms with van der Waals surface area (Å²) in [5, 5.41) is 10.6. The summed E-state index contributed by atoms with van der Waals surface area (Å²) in [5.41, 5.74) is 0. The topological polar surface area (TPSA) is 237 Å². The maximum absolute atomic E-state index is 13.1. The summed E-state index contributed by atoms with van der Waals surface area (Å²) in [6, 6.07) is 0. The highest BCUT2D eigenvalue weighted by Crippen LogP contribution is 2.45. The summed E-state index contributed by atoms with van der Waals surface area (Å²) < 4.78 is 68.5. The van der Waals surface area contributed by atoms with Crippen LogP contribution in [0.5, 0.6) is 0 Å². The average molecular weight is 1470 g/mol. The number of ether oxygens (including phenoxy) is 4. The van der Waals surface area contributed by atoms with Gasteiger partial charge in [0.15, 0.2) is 12.2 Å². The number of aliphatic hydroxyl groups is 1. The van der Waals surface area contributed by atoms with E-state index in [1.807, 2.05) is 0 Å². The van der Waals surface area contributed by atoms with Gasteiger partial charge in [0, 0.05) is 25.7 Å². The van der Waals surface area contributed by atoms with E-state index in [9.17, 15) is 43.2 Å². The van der Waals surface area contributed by atoms with Crippen LogP contribution >= 0.6 is 15.6 Å². The van der Waals surface area contributed by atoms with Gasteiger partial charge in [0.25, 0.3) is 0 Å². The molecule has 5 unspecified atom stereocenters. The zero-order chi connectivity index (χ0) is 74.6. The Balaban J connectivity index is 5.42. The molecule has 0 amide bonds. The average Bonchev–Trinajstić information content (AvgIpc) is 0.924. The monoisotopic (exact) mass is 1470 g/mol. The molecule has 17 nitrogen and oxygen atoms in total. The second kappa shape index (κ2) is 74.2. The van der Waals surface area contributed by atoms with E-state index in [1.54, 1.807) is 0 Å². The van der Waals surface area contributed by atoms with E-state index in [0.717, 1.165) is 161 Å². The van der Waals surface area contributed by atoms with Crippen LogP contribution in [-0.4, -0.2) is 96.7 Å². The Labute approximate surface area is 617 Å². The number of rotatable bonds is 72. The van der Waals surface area contributed by atoms with Crippen LogP contribution in [0.4, 0.5) is 0 Å². The van der Waals surface area contributed by atoms with Crippen molar-refractivity contribution in [2.75, 3.05) is 39.6 Å². The summed E-state index contributed by atoms with van der Waals surface area (Å²) in [4.78, 5) is 72.9. The van der Waals surface area contributed by atoms with Gasteiger partial charge in [-0.05, 0) is 141 Å². The molecule has 19 heteroatoms. The molecule has 0 spiro atoms. The Bertz CT molecular complexity index is 2510. The van der Waals surface area contributed by atoms with Crippen molar-refractivity contribution >= 4 is 39.5 Å². The molecule has 0 aliphatic heterocycles. The second-order valence-electron chi connectivity index (χ2n) is 25.5. The van der Waals surface area contributed by atoms with Gasteiger partial charge in [0.05, 0.1) is 26.4 Å². The van der Waals surface area contributed by atoms with E-state index >= 15 is 0 Å². The normalized spacial score (nSPS) is 14.7. The molecule has 0 saturated heterocycles. The van der Waals surface area contributed by atoms with Gasteiger partial charge in [-0.3, -0.25) is 37.3 Å². The first-order valence-electron chi connectivity index (χ1n) is 39.1. The van der Waals surface area contributed by atoms with Gasteiger partial charge in [-0.15, -0.1) is 0 Å². The molecule has 5 atom stereocenters. The fourth-order valence-electron chi connectivity index (χ4n) is 9.96. The Morgan fingerprint density at radius 3 is 0.804 bits per heavy atom. The summed E-state index contributed by atoms with van der Waals surface area (Å²) in [7, 11) is -9.99. The number of aliphatic hydroxyl groups excluding tert-OH is 1. The molecule has 582 valence electrons. The van der Waals surface area contributed by atoms with Crippen molar-refractivity contribution in [3.05, 3.63) is 146 Å². The molecule has 0 bridgehead atoms. The molecular weight excluding hydrogens is 1330 g/mol. The van der Waals surface area contributed by atoms with Crippen LogP contribution in [0.15, 0.2) is 146 Å². The molecule has 3 N–H and O–H groups in total. The molecule has 0 aliphatic rings. The number of phosphoric acid groups is 2. The lowest BCUT2D eigenvalue weighted by atomic mass is 10.0. The lowest BCUT2D eigenvalue weighted by Gasteiger charge is -2.21. The Morgan fingerprint density at radius 2 is 0.510 bits per heavy atom. The first-order valence-corrected chi connectivity index (χ1v) is 42.1. The number of allylic oxidation sites excluding steroid dienone is 24. The molecule has 0 radical (unpaired) electrons.